The predicted molar refractivity (Wildman–Crippen MR) is 23.0 cm³/mol. The fourth-order valence-corrected chi connectivity index (χ4v) is 0.971. The third kappa shape index (κ3) is 0.235. The van der Waals surface area contributed by atoms with Crippen LogP contribution >= 0.6 is 0 Å². The van der Waals surface area contributed by atoms with Crippen LogP contribution in [0.4, 0.5) is 0 Å². The molecule has 0 amide bonds. The molecule has 1 heterocycles. The van der Waals surface area contributed by atoms with Gasteiger partial charge in [-0.2, -0.15) is 0 Å². The smallest absolute Gasteiger partial charge is 0.0258 e. The molecule has 6 heavy (non-hydrogen) atoms. The second-order valence-electron chi connectivity index (χ2n) is 2.13. The number of nitrogens with one attached hydrogen (secondary N) is 2. The van der Waals surface area contributed by atoms with Crippen LogP contribution in [-0.2, 0) is 0 Å². The first-order valence-electron chi connectivity index (χ1n) is 2.45. The summed E-state index contributed by atoms with van der Waals surface area (Å²) in [7, 11) is 0. The molecule has 1 saturated carbocycles. The summed E-state index contributed by atoms with van der Waals surface area (Å²) in [5.41, 5.74) is 6.22. The molecule has 1 saturated heterocycles. The molecule has 0 radical (unpaired) electrons. The highest BCUT2D eigenvalue weighted by Gasteiger charge is 2.40. The van der Waals surface area contributed by atoms with Gasteiger partial charge in [-0.3, -0.25) is 10.9 Å². The molecule has 0 bridgehead atoms. The van der Waals surface area contributed by atoms with E-state index in [1.54, 1.807) is 0 Å². The van der Waals surface area contributed by atoms with Gasteiger partial charge in [0.1, 0.15) is 0 Å². The van der Waals surface area contributed by atoms with Crippen LogP contribution in [0.25, 0.3) is 0 Å². The summed E-state index contributed by atoms with van der Waals surface area (Å²) in [6.45, 7) is 1.20. The second-order valence-corrected chi connectivity index (χ2v) is 2.13. The lowest BCUT2D eigenvalue weighted by Gasteiger charge is -1.90. The zero-order valence-corrected chi connectivity index (χ0v) is 3.57. The Labute approximate surface area is 36.9 Å². The molecule has 2 unspecified atom stereocenters. The van der Waals surface area contributed by atoms with Gasteiger partial charge in [-0.05, 0) is 12.3 Å². The van der Waals surface area contributed by atoms with Crippen LogP contribution in [0, 0.1) is 5.92 Å². The maximum Gasteiger partial charge on any atom is 0.0258 e. The Bertz CT molecular complexity index is 63.9. The monoisotopic (exact) mass is 84.1 g/mol. The van der Waals surface area contributed by atoms with Crippen molar-refractivity contribution < 1.29 is 0 Å². The molecule has 0 spiro atoms. The lowest BCUT2D eigenvalue weighted by molar-refractivity contribution is 0.607. The van der Waals surface area contributed by atoms with E-state index >= 15 is 0 Å². The minimum atomic E-state index is 0.852. The van der Waals surface area contributed by atoms with Crippen LogP contribution in [0.15, 0.2) is 0 Å². The van der Waals surface area contributed by atoms with Crippen molar-refractivity contribution >= 4 is 0 Å². The van der Waals surface area contributed by atoms with Gasteiger partial charge < -0.3 is 0 Å². The molecular weight excluding hydrogens is 76.1 g/mol. The first kappa shape index (κ1) is 2.99. The van der Waals surface area contributed by atoms with Gasteiger partial charge in [0.15, 0.2) is 0 Å². The lowest BCUT2D eigenvalue weighted by Crippen LogP contribution is -2.26. The van der Waals surface area contributed by atoms with E-state index in [0.29, 0.717) is 0 Å². The van der Waals surface area contributed by atoms with Crippen molar-refractivity contribution in [1.29, 1.82) is 0 Å². The molecule has 34 valence electrons. The van der Waals surface area contributed by atoms with Gasteiger partial charge in [0.05, 0.1) is 0 Å². The first-order chi connectivity index (χ1) is 2.97. The number of fused-ring (bicyclic) bond motifs is 1. The van der Waals surface area contributed by atoms with Gasteiger partial charge in [0, 0.05) is 12.6 Å². The summed E-state index contributed by atoms with van der Waals surface area (Å²) in [4.78, 5) is 0. The van der Waals surface area contributed by atoms with E-state index in [4.69, 9.17) is 0 Å². The Hall–Kier alpha value is -0.0800. The number of rotatable bonds is 0. The highest BCUT2D eigenvalue weighted by atomic mass is 15.4. The molecular formula is C4H8N2. The van der Waals surface area contributed by atoms with Crippen LogP contribution in [-0.4, -0.2) is 12.6 Å². The summed E-state index contributed by atoms with van der Waals surface area (Å²) in [6, 6.07) is 0.852. The Morgan fingerprint density at radius 2 is 2.50 bits per heavy atom. The van der Waals surface area contributed by atoms with Crippen LogP contribution in [0.3, 0.4) is 0 Å². The van der Waals surface area contributed by atoms with Crippen LogP contribution in [0.5, 0.6) is 0 Å². The zero-order chi connectivity index (χ0) is 3.98. The predicted octanol–water partition coefficient (Wildman–Crippen LogP) is -0.517. The van der Waals surface area contributed by atoms with E-state index in [-0.39, 0.29) is 0 Å². The summed E-state index contributed by atoms with van der Waals surface area (Å²) in [6.07, 6.45) is 1.41. The second kappa shape index (κ2) is 0.768. The van der Waals surface area contributed by atoms with Crippen molar-refractivity contribution in [3.05, 3.63) is 0 Å². The minimum absolute atomic E-state index is 0.852. The quantitative estimate of drug-likeness (QED) is 0.413. The molecule has 2 aliphatic rings. The van der Waals surface area contributed by atoms with Crippen LogP contribution < -0.4 is 10.9 Å². The molecule has 0 aromatic carbocycles. The highest BCUT2D eigenvalue weighted by Crippen LogP contribution is 2.31. The Morgan fingerprint density at radius 3 is 2.67 bits per heavy atom. The zero-order valence-electron chi connectivity index (χ0n) is 3.57. The number of hydrogen-bond donors (Lipinski definition) is 2. The maximum absolute atomic E-state index is 3.14. The van der Waals surface area contributed by atoms with Crippen molar-refractivity contribution in [3.63, 3.8) is 0 Å². The summed E-state index contributed by atoms with van der Waals surface area (Å²) in [5.74, 6) is 0.991. The molecule has 2 rings (SSSR count). The minimum Gasteiger partial charge on any atom is -0.257 e. The van der Waals surface area contributed by atoms with Gasteiger partial charge in [-0.25, -0.2) is 0 Å². The third-order valence-corrected chi connectivity index (χ3v) is 1.57. The average Bonchev–Trinajstić information content (AvgIpc) is 2.17. The first-order valence-corrected chi connectivity index (χ1v) is 2.45. The molecule has 2 N–H and O–H groups in total. The molecule has 2 atom stereocenters. The van der Waals surface area contributed by atoms with Gasteiger partial charge >= 0.3 is 0 Å². The van der Waals surface area contributed by atoms with E-state index in [1.807, 2.05) is 0 Å². The van der Waals surface area contributed by atoms with Gasteiger partial charge in [0.2, 0.25) is 0 Å². The topological polar surface area (TPSA) is 24.1 Å². The van der Waals surface area contributed by atoms with Crippen molar-refractivity contribution in [1.82, 2.24) is 10.9 Å². The third-order valence-electron chi connectivity index (χ3n) is 1.57. The molecule has 2 heteroatoms. The summed E-state index contributed by atoms with van der Waals surface area (Å²) >= 11 is 0. The van der Waals surface area contributed by atoms with Gasteiger partial charge in [-0.1, -0.05) is 0 Å². The standard InChI is InChI=1S/C4H8N2/c1-3-2-5-6-4(1)3/h3-6H,1-2H2. The lowest BCUT2D eigenvalue weighted by atomic mass is 10.4. The van der Waals surface area contributed by atoms with Crippen molar-refractivity contribution in [2.24, 2.45) is 5.92 Å². The van der Waals surface area contributed by atoms with E-state index in [9.17, 15) is 0 Å². The molecule has 0 aromatic heterocycles. The summed E-state index contributed by atoms with van der Waals surface area (Å²) < 4.78 is 0. The van der Waals surface area contributed by atoms with Gasteiger partial charge in [-0.15, -0.1) is 0 Å². The molecule has 0 aromatic rings. The number of hydrazine groups is 1. The number of hydrogen-bond acceptors (Lipinski definition) is 2. The molecule has 1 aliphatic heterocycles. The largest absolute Gasteiger partial charge is 0.257 e. The van der Waals surface area contributed by atoms with Crippen molar-refractivity contribution in [2.45, 2.75) is 12.5 Å². The normalized spacial score (nSPS) is 52.0. The maximum atomic E-state index is 3.14. The highest BCUT2D eigenvalue weighted by molar-refractivity contribution is 4.97. The van der Waals surface area contributed by atoms with E-state index < -0.39 is 0 Å². The van der Waals surface area contributed by atoms with E-state index in [0.717, 1.165) is 12.0 Å². The van der Waals surface area contributed by atoms with Crippen molar-refractivity contribution in [3.8, 4) is 0 Å². The van der Waals surface area contributed by atoms with Crippen LogP contribution in [0.1, 0.15) is 6.42 Å². The van der Waals surface area contributed by atoms with E-state index in [2.05, 4.69) is 10.9 Å². The Morgan fingerprint density at radius 1 is 1.50 bits per heavy atom. The molecule has 2 nitrogen and oxygen atoms in total. The fourth-order valence-electron chi connectivity index (χ4n) is 0.971. The SMILES string of the molecule is C1NNC2CC12. The van der Waals surface area contributed by atoms with Crippen molar-refractivity contribution in [2.75, 3.05) is 6.54 Å². The Balaban J connectivity index is 2.09. The fraction of sp³-hybridized carbons (Fsp3) is 1.00. The molecule has 2 fully saturated rings. The molecule has 1 aliphatic carbocycles. The van der Waals surface area contributed by atoms with Gasteiger partial charge in [0.25, 0.3) is 0 Å². The van der Waals surface area contributed by atoms with E-state index in [1.165, 1.54) is 13.0 Å². The average molecular weight is 84.1 g/mol. The summed E-state index contributed by atoms with van der Waals surface area (Å²) in [5, 5.41) is 0. The Kier molecular flexibility index (Phi) is 0.383. The van der Waals surface area contributed by atoms with Crippen LogP contribution in [0.2, 0.25) is 0 Å².